The van der Waals surface area contributed by atoms with E-state index in [0.717, 1.165) is 51.4 Å². The summed E-state index contributed by atoms with van der Waals surface area (Å²) in [5.41, 5.74) is 0.652. The Hall–Kier alpha value is -2.09. The number of carbonyl (C=O) groups is 2. The second kappa shape index (κ2) is 16.8. The lowest BCUT2D eigenvalue weighted by molar-refractivity contribution is -0.140. The van der Waals surface area contributed by atoms with Crippen LogP contribution in [0, 0.1) is 11.3 Å². The molecule has 0 aliphatic rings. The van der Waals surface area contributed by atoms with Gasteiger partial charge >= 0.3 is 11.9 Å². The topological polar surface area (TPSA) is 76.4 Å². The number of hydrogen-bond acceptors (Lipinski definition) is 5. The molecular weight excluding hydrogens is 318 g/mol. The summed E-state index contributed by atoms with van der Waals surface area (Å²) in [5.74, 6) is -0.433. The Labute approximate surface area is 151 Å². The first-order valence-electron chi connectivity index (χ1n) is 9.01. The van der Waals surface area contributed by atoms with E-state index < -0.39 is 0 Å². The van der Waals surface area contributed by atoms with Crippen LogP contribution in [0.1, 0.15) is 70.6 Å². The fourth-order valence-electron chi connectivity index (χ4n) is 2.33. The summed E-state index contributed by atoms with van der Waals surface area (Å²) in [6, 6.07) is 2.10. The third kappa shape index (κ3) is 14.0. The van der Waals surface area contributed by atoms with Crippen LogP contribution in [0.15, 0.2) is 23.8 Å². The molecule has 0 aliphatic heterocycles. The molecule has 0 spiro atoms. The molecule has 0 aliphatic carbocycles. The van der Waals surface area contributed by atoms with E-state index in [-0.39, 0.29) is 11.9 Å². The van der Waals surface area contributed by atoms with E-state index in [1.54, 1.807) is 0 Å². The maximum Gasteiger partial charge on any atom is 0.333 e. The fourth-order valence-corrected chi connectivity index (χ4v) is 2.33. The first-order chi connectivity index (χ1) is 12.2. The number of esters is 2. The molecule has 0 unspecified atom stereocenters. The standard InChI is InChI=1S/C20H31NO4/c1-24-19(22)16-12-8-6-4-3-5-7-10-14-18(20(23)25-2)15-11-9-13-17-21/h7,10,15H,3-6,8-9,11-14,16H2,1-2H3/b10-7+,18-15-. The lowest BCUT2D eigenvalue weighted by Gasteiger charge is -2.02. The van der Waals surface area contributed by atoms with Gasteiger partial charge in [0.25, 0.3) is 0 Å². The Balaban J connectivity index is 3.85. The van der Waals surface area contributed by atoms with Crippen molar-refractivity contribution >= 4 is 11.9 Å². The van der Waals surface area contributed by atoms with Crippen molar-refractivity contribution < 1.29 is 19.1 Å². The number of unbranched alkanes of at least 4 members (excludes halogenated alkanes) is 7. The number of rotatable bonds is 14. The molecule has 0 atom stereocenters. The minimum absolute atomic E-state index is 0.134. The summed E-state index contributed by atoms with van der Waals surface area (Å²) in [5, 5.41) is 8.52. The number of allylic oxidation sites excluding steroid dienone is 3. The van der Waals surface area contributed by atoms with Gasteiger partial charge < -0.3 is 9.47 Å². The van der Waals surface area contributed by atoms with E-state index in [0.29, 0.717) is 24.8 Å². The van der Waals surface area contributed by atoms with E-state index in [9.17, 15) is 9.59 Å². The van der Waals surface area contributed by atoms with Crippen LogP contribution in [0.3, 0.4) is 0 Å². The highest BCUT2D eigenvalue weighted by molar-refractivity contribution is 5.88. The minimum atomic E-state index is -0.299. The fraction of sp³-hybridized carbons (Fsp3) is 0.650. The van der Waals surface area contributed by atoms with Crippen LogP contribution in [0.5, 0.6) is 0 Å². The van der Waals surface area contributed by atoms with Crippen molar-refractivity contribution in [3.8, 4) is 6.07 Å². The normalized spacial score (nSPS) is 11.3. The zero-order valence-corrected chi connectivity index (χ0v) is 15.6. The molecule has 0 aromatic rings. The number of nitriles is 1. The Bertz CT molecular complexity index is 475. The molecule has 0 heterocycles. The molecule has 5 heteroatoms. The van der Waals surface area contributed by atoms with Crippen molar-refractivity contribution in [2.45, 2.75) is 70.6 Å². The summed E-state index contributed by atoms with van der Waals surface area (Å²) >= 11 is 0. The zero-order valence-electron chi connectivity index (χ0n) is 15.6. The third-order valence-corrected chi connectivity index (χ3v) is 3.81. The SMILES string of the molecule is COC(=O)CCCCCCC/C=C/C/C(=C/CCCC#N)C(=O)OC. The van der Waals surface area contributed by atoms with Gasteiger partial charge in [0, 0.05) is 18.4 Å². The third-order valence-electron chi connectivity index (χ3n) is 3.81. The zero-order chi connectivity index (χ0) is 18.8. The minimum Gasteiger partial charge on any atom is -0.469 e. The highest BCUT2D eigenvalue weighted by Gasteiger charge is 2.06. The highest BCUT2D eigenvalue weighted by atomic mass is 16.5. The molecule has 25 heavy (non-hydrogen) atoms. The van der Waals surface area contributed by atoms with Crippen LogP contribution >= 0.6 is 0 Å². The van der Waals surface area contributed by atoms with Gasteiger partial charge in [0.15, 0.2) is 0 Å². The molecule has 140 valence electrons. The monoisotopic (exact) mass is 349 g/mol. The second-order valence-electron chi connectivity index (χ2n) is 5.83. The molecular formula is C20H31NO4. The molecule has 0 amide bonds. The molecule has 0 aromatic carbocycles. The van der Waals surface area contributed by atoms with Gasteiger partial charge in [0.05, 0.1) is 20.3 Å². The molecule has 5 nitrogen and oxygen atoms in total. The Kier molecular flexibility index (Phi) is 15.4. The quantitative estimate of drug-likeness (QED) is 0.198. The van der Waals surface area contributed by atoms with Crippen molar-refractivity contribution in [2.24, 2.45) is 0 Å². The summed E-state index contributed by atoms with van der Waals surface area (Å²) in [6.07, 6.45) is 15.3. The van der Waals surface area contributed by atoms with Gasteiger partial charge in [-0.15, -0.1) is 0 Å². The van der Waals surface area contributed by atoms with Gasteiger partial charge in [0.1, 0.15) is 0 Å². The van der Waals surface area contributed by atoms with E-state index in [1.807, 2.05) is 12.2 Å². The van der Waals surface area contributed by atoms with Crippen LogP contribution in [0.25, 0.3) is 0 Å². The maximum atomic E-state index is 11.7. The predicted octanol–water partition coefficient (Wildman–Crippen LogP) is 4.63. The first-order valence-corrected chi connectivity index (χ1v) is 9.01. The first kappa shape index (κ1) is 22.9. The van der Waals surface area contributed by atoms with Gasteiger partial charge in [0.2, 0.25) is 0 Å². The van der Waals surface area contributed by atoms with E-state index >= 15 is 0 Å². The Morgan fingerprint density at radius 3 is 2.32 bits per heavy atom. The number of ether oxygens (including phenoxy) is 2. The smallest absolute Gasteiger partial charge is 0.333 e. The van der Waals surface area contributed by atoms with Gasteiger partial charge in [-0.2, -0.15) is 5.26 Å². The molecule has 0 aromatic heterocycles. The van der Waals surface area contributed by atoms with Gasteiger partial charge in [-0.3, -0.25) is 4.79 Å². The van der Waals surface area contributed by atoms with E-state index in [1.165, 1.54) is 14.2 Å². The Morgan fingerprint density at radius 2 is 1.64 bits per heavy atom. The molecule has 0 saturated heterocycles. The summed E-state index contributed by atoms with van der Waals surface area (Å²) in [4.78, 5) is 22.6. The number of carbonyl (C=O) groups excluding carboxylic acids is 2. The summed E-state index contributed by atoms with van der Waals surface area (Å²) in [6.45, 7) is 0. The number of hydrogen-bond donors (Lipinski definition) is 0. The molecule has 0 saturated carbocycles. The number of methoxy groups -OCH3 is 2. The molecule has 0 N–H and O–H groups in total. The predicted molar refractivity (Wildman–Crippen MR) is 97.7 cm³/mol. The summed E-state index contributed by atoms with van der Waals surface area (Å²) < 4.78 is 9.39. The Morgan fingerprint density at radius 1 is 0.920 bits per heavy atom. The highest BCUT2D eigenvalue weighted by Crippen LogP contribution is 2.11. The van der Waals surface area contributed by atoms with Crippen molar-refractivity contribution in [3.05, 3.63) is 23.8 Å². The molecule has 0 rings (SSSR count). The van der Waals surface area contributed by atoms with Gasteiger partial charge in [-0.05, 0) is 38.5 Å². The van der Waals surface area contributed by atoms with Crippen molar-refractivity contribution in [3.63, 3.8) is 0 Å². The summed E-state index contributed by atoms with van der Waals surface area (Å²) in [7, 11) is 2.80. The molecule has 0 radical (unpaired) electrons. The largest absolute Gasteiger partial charge is 0.469 e. The average molecular weight is 349 g/mol. The van der Waals surface area contributed by atoms with Crippen LogP contribution < -0.4 is 0 Å². The van der Waals surface area contributed by atoms with Crippen LogP contribution in [-0.4, -0.2) is 26.2 Å². The van der Waals surface area contributed by atoms with Crippen molar-refractivity contribution in [2.75, 3.05) is 14.2 Å². The molecule has 0 bridgehead atoms. The lowest BCUT2D eigenvalue weighted by Crippen LogP contribution is -2.04. The molecule has 0 fully saturated rings. The maximum absolute atomic E-state index is 11.7. The van der Waals surface area contributed by atoms with E-state index in [4.69, 9.17) is 10.00 Å². The average Bonchev–Trinajstić information content (AvgIpc) is 2.63. The number of nitrogens with zero attached hydrogens (tertiary/aromatic N) is 1. The van der Waals surface area contributed by atoms with Crippen LogP contribution in [0.2, 0.25) is 0 Å². The van der Waals surface area contributed by atoms with Gasteiger partial charge in [-0.25, -0.2) is 4.79 Å². The van der Waals surface area contributed by atoms with Crippen molar-refractivity contribution in [1.29, 1.82) is 5.26 Å². The van der Waals surface area contributed by atoms with E-state index in [2.05, 4.69) is 16.9 Å². The van der Waals surface area contributed by atoms with Gasteiger partial charge in [-0.1, -0.05) is 37.5 Å². The van der Waals surface area contributed by atoms with Crippen LogP contribution in [-0.2, 0) is 19.1 Å². The second-order valence-corrected chi connectivity index (χ2v) is 5.83. The van der Waals surface area contributed by atoms with Crippen LogP contribution in [0.4, 0.5) is 0 Å². The van der Waals surface area contributed by atoms with Crippen molar-refractivity contribution in [1.82, 2.24) is 0 Å². The lowest BCUT2D eigenvalue weighted by atomic mass is 10.1.